The molecule has 0 bridgehead atoms. The van der Waals surface area contributed by atoms with Crippen LogP contribution in [0.5, 0.6) is 0 Å². The van der Waals surface area contributed by atoms with Gasteiger partial charge in [-0.15, -0.1) is 0 Å². The van der Waals surface area contributed by atoms with Crippen LogP contribution in [0.15, 0.2) is 30.3 Å². The number of carbonyl (C=O) groups is 1. The van der Waals surface area contributed by atoms with Gasteiger partial charge in [-0.3, -0.25) is 4.79 Å². The summed E-state index contributed by atoms with van der Waals surface area (Å²) >= 11 is 0. The SMILES string of the molecule is CN(CCCC(=O)c1ccccc1)C1CCCC1. The maximum atomic E-state index is 11.9. The first kappa shape index (κ1) is 13.3. The van der Waals surface area contributed by atoms with E-state index in [1.54, 1.807) is 0 Å². The van der Waals surface area contributed by atoms with Crippen molar-refractivity contribution in [1.82, 2.24) is 4.90 Å². The fourth-order valence-electron chi connectivity index (χ4n) is 2.79. The van der Waals surface area contributed by atoms with Gasteiger partial charge in [-0.25, -0.2) is 0 Å². The minimum Gasteiger partial charge on any atom is -0.303 e. The highest BCUT2D eigenvalue weighted by Gasteiger charge is 2.19. The molecule has 2 nitrogen and oxygen atoms in total. The van der Waals surface area contributed by atoms with Gasteiger partial charge in [0.25, 0.3) is 0 Å². The number of rotatable bonds is 6. The summed E-state index contributed by atoms with van der Waals surface area (Å²) in [5.74, 6) is 0.274. The zero-order valence-corrected chi connectivity index (χ0v) is 11.3. The molecule has 0 aromatic heterocycles. The summed E-state index contributed by atoms with van der Waals surface area (Å²) in [6.07, 6.45) is 7.06. The van der Waals surface area contributed by atoms with Gasteiger partial charge in [0.2, 0.25) is 0 Å². The highest BCUT2D eigenvalue weighted by molar-refractivity contribution is 5.95. The number of benzene rings is 1. The van der Waals surface area contributed by atoms with Crippen LogP contribution in [0.3, 0.4) is 0 Å². The lowest BCUT2D eigenvalue weighted by Gasteiger charge is -2.23. The molecule has 0 aliphatic heterocycles. The summed E-state index contributed by atoms with van der Waals surface area (Å²) in [5.41, 5.74) is 0.848. The fourth-order valence-corrected chi connectivity index (χ4v) is 2.79. The molecule has 2 rings (SSSR count). The van der Waals surface area contributed by atoms with Crippen LogP contribution in [0.2, 0.25) is 0 Å². The van der Waals surface area contributed by atoms with Gasteiger partial charge in [0.05, 0.1) is 0 Å². The van der Waals surface area contributed by atoms with Crippen LogP contribution in [0.25, 0.3) is 0 Å². The topological polar surface area (TPSA) is 20.3 Å². The number of ketones is 1. The van der Waals surface area contributed by atoms with Gasteiger partial charge in [0, 0.05) is 18.0 Å². The standard InChI is InChI=1S/C16H23NO/c1-17(15-10-5-6-11-15)13-7-12-16(18)14-8-3-2-4-9-14/h2-4,8-9,15H,5-7,10-13H2,1H3. The minimum absolute atomic E-state index is 0.274. The summed E-state index contributed by atoms with van der Waals surface area (Å²) in [5, 5.41) is 0. The lowest BCUT2D eigenvalue weighted by atomic mass is 10.1. The molecule has 1 aliphatic rings. The summed E-state index contributed by atoms with van der Waals surface area (Å²) in [6, 6.07) is 10.4. The Labute approximate surface area is 110 Å². The molecule has 98 valence electrons. The molecular formula is C16H23NO. The van der Waals surface area contributed by atoms with E-state index in [1.807, 2.05) is 30.3 Å². The Bertz CT molecular complexity index is 368. The van der Waals surface area contributed by atoms with Crippen molar-refractivity contribution in [2.45, 2.75) is 44.6 Å². The number of hydrogen-bond acceptors (Lipinski definition) is 2. The van der Waals surface area contributed by atoms with E-state index < -0.39 is 0 Å². The Balaban J connectivity index is 1.70. The second-order valence-corrected chi connectivity index (χ2v) is 5.31. The van der Waals surface area contributed by atoms with E-state index in [2.05, 4.69) is 11.9 Å². The van der Waals surface area contributed by atoms with Crippen molar-refractivity contribution in [2.75, 3.05) is 13.6 Å². The first-order chi connectivity index (χ1) is 8.77. The van der Waals surface area contributed by atoms with Gasteiger partial charge < -0.3 is 4.90 Å². The quantitative estimate of drug-likeness (QED) is 0.715. The number of nitrogens with zero attached hydrogens (tertiary/aromatic N) is 1. The summed E-state index contributed by atoms with van der Waals surface area (Å²) < 4.78 is 0. The second-order valence-electron chi connectivity index (χ2n) is 5.31. The molecule has 0 atom stereocenters. The largest absolute Gasteiger partial charge is 0.303 e. The molecule has 0 unspecified atom stereocenters. The van der Waals surface area contributed by atoms with Gasteiger partial charge in [0.1, 0.15) is 0 Å². The van der Waals surface area contributed by atoms with E-state index in [4.69, 9.17) is 0 Å². The molecule has 0 saturated heterocycles. The maximum absolute atomic E-state index is 11.9. The van der Waals surface area contributed by atoms with Crippen molar-refractivity contribution in [2.24, 2.45) is 0 Å². The molecule has 0 spiro atoms. The molecule has 1 aromatic carbocycles. The maximum Gasteiger partial charge on any atom is 0.162 e. The van der Waals surface area contributed by atoms with Crippen LogP contribution in [-0.2, 0) is 0 Å². The van der Waals surface area contributed by atoms with Crippen molar-refractivity contribution in [1.29, 1.82) is 0 Å². The van der Waals surface area contributed by atoms with Crippen molar-refractivity contribution in [3.63, 3.8) is 0 Å². The van der Waals surface area contributed by atoms with Gasteiger partial charge >= 0.3 is 0 Å². The minimum atomic E-state index is 0.274. The van der Waals surface area contributed by atoms with E-state index in [1.165, 1.54) is 25.7 Å². The molecule has 1 saturated carbocycles. The molecule has 1 aliphatic carbocycles. The average Bonchev–Trinajstić information content (AvgIpc) is 2.93. The van der Waals surface area contributed by atoms with E-state index in [-0.39, 0.29) is 5.78 Å². The summed E-state index contributed by atoms with van der Waals surface area (Å²) in [6.45, 7) is 1.04. The predicted octanol–water partition coefficient (Wildman–Crippen LogP) is 3.52. The van der Waals surface area contributed by atoms with Crippen LogP contribution >= 0.6 is 0 Å². The average molecular weight is 245 g/mol. The molecule has 1 aromatic rings. The highest BCUT2D eigenvalue weighted by Crippen LogP contribution is 2.22. The van der Waals surface area contributed by atoms with Gasteiger partial charge in [-0.2, -0.15) is 0 Å². The first-order valence-corrected chi connectivity index (χ1v) is 7.06. The molecule has 0 heterocycles. The Morgan fingerprint density at radius 3 is 2.56 bits per heavy atom. The lowest BCUT2D eigenvalue weighted by molar-refractivity contribution is 0.0973. The van der Waals surface area contributed by atoms with E-state index in [0.717, 1.165) is 24.6 Å². The first-order valence-electron chi connectivity index (χ1n) is 7.06. The van der Waals surface area contributed by atoms with Crippen molar-refractivity contribution < 1.29 is 4.79 Å². The zero-order valence-electron chi connectivity index (χ0n) is 11.3. The summed E-state index contributed by atoms with van der Waals surface area (Å²) in [7, 11) is 2.20. The third-order valence-electron chi connectivity index (χ3n) is 3.96. The van der Waals surface area contributed by atoms with Gasteiger partial charge in [0.15, 0.2) is 5.78 Å². The summed E-state index contributed by atoms with van der Waals surface area (Å²) in [4.78, 5) is 14.4. The number of hydrogen-bond donors (Lipinski definition) is 0. The zero-order chi connectivity index (χ0) is 12.8. The second kappa shape index (κ2) is 6.69. The Hall–Kier alpha value is -1.15. The molecule has 1 fully saturated rings. The number of carbonyl (C=O) groups excluding carboxylic acids is 1. The Morgan fingerprint density at radius 2 is 1.89 bits per heavy atom. The van der Waals surface area contributed by atoms with E-state index in [0.29, 0.717) is 6.42 Å². The molecule has 0 N–H and O–H groups in total. The Kier molecular flexibility index (Phi) is 4.94. The van der Waals surface area contributed by atoms with Crippen LogP contribution in [0.1, 0.15) is 48.9 Å². The normalized spacial score (nSPS) is 16.3. The molecule has 0 amide bonds. The van der Waals surface area contributed by atoms with E-state index in [9.17, 15) is 4.79 Å². The lowest BCUT2D eigenvalue weighted by Crippen LogP contribution is -2.30. The van der Waals surface area contributed by atoms with Crippen LogP contribution in [0, 0.1) is 0 Å². The molecular weight excluding hydrogens is 222 g/mol. The molecule has 18 heavy (non-hydrogen) atoms. The predicted molar refractivity (Wildman–Crippen MR) is 74.9 cm³/mol. The van der Waals surface area contributed by atoms with Crippen LogP contribution < -0.4 is 0 Å². The Morgan fingerprint density at radius 1 is 1.22 bits per heavy atom. The van der Waals surface area contributed by atoms with Gasteiger partial charge in [-0.1, -0.05) is 43.2 Å². The van der Waals surface area contributed by atoms with Crippen molar-refractivity contribution >= 4 is 5.78 Å². The fraction of sp³-hybridized carbons (Fsp3) is 0.562. The highest BCUT2D eigenvalue weighted by atomic mass is 16.1. The number of Topliss-reactive ketones (excluding diaryl/α,β-unsaturated/α-hetero) is 1. The van der Waals surface area contributed by atoms with Crippen molar-refractivity contribution in [3.8, 4) is 0 Å². The molecule has 0 radical (unpaired) electrons. The smallest absolute Gasteiger partial charge is 0.162 e. The third-order valence-corrected chi connectivity index (χ3v) is 3.96. The van der Waals surface area contributed by atoms with Crippen LogP contribution in [-0.4, -0.2) is 30.3 Å². The van der Waals surface area contributed by atoms with Crippen LogP contribution in [0.4, 0.5) is 0 Å². The third kappa shape index (κ3) is 3.67. The van der Waals surface area contributed by atoms with Gasteiger partial charge in [-0.05, 0) is 32.9 Å². The van der Waals surface area contributed by atoms with Crippen molar-refractivity contribution in [3.05, 3.63) is 35.9 Å². The monoisotopic (exact) mass is 245 g/mol. The molecule has 2 heteroatoms. The van der Waals surface area contributed by atoms with E-state index >= 15 is 0 Å².